The molecule has 0 aliphatic heterocycles. The number of rotatable bonds is 4. The van der Waals surface area contributed by atoms with Crippen LogP contribution in [0.3, 0.4) is 0 Å². The predicted octanol–water partition coefficient (Wildman–Crippen LogP) is 5.77. The van der Waals surface area contributed by atoms with Gasteiger partial charge in [-0.1, -0.05) is 18.2 Å². The molecule has 0 unspecified atom stereocenters. The molecule has 1 aromatic carbocycles. The molecule has 0 spiro atoms. The van der Waals surface area contributed by atoms with Crippen molar-refractivity contribution in [3.63, 3.8) is 0 Å². The molecule has 152 valence electrons. The van der Waals surface area contributed by atoms with E-state index in [4.69, 9.17) is 0 Å². The highest BCUT2D eigenvalue weighted by molar-refractivity contribution is 5.82. The van der Waals surface area contributed by atoms with Crippen LogP contribution in [0.2, 0.25) is 0 Å². The van der Waals surface area contributed by atoms with E-state index in [1.165, 1.54) is 29.4 Å². The van der Waals surface area contributed by atoms with Gasteiger partial charge in [-0.05, 0) is 85.6 Å². The lowest BCUT2D eigenvalue weighted by atomic mass is 9.74. The number of aliphatic hydroxyl groups excluding tert-OH is 1. The van der Waals surface area contributed by atoms with Gasteiger partial charge >= 0.3 is 0 Å². The van der Waals surface area contributed by atoms with Crippen LogP contribution >= 0.6 is 0 Å². The van der Waals surface area contributed by atoms with Gasteiger partial charge in [-0.25, -0.2) is 4.98 Å². The Morgan fingerprint density at radius 1 is 0.900 bits per heavy atom. The first-order chi connectivity index (χ1) is 14.8. The lowest BCUT2D eigenvalue weighted by molar-refractivity contribution is 0.0811. The molecular formula is C26H27N3O. The highest BCUT2D eigenvalue weighted by Gasteiger charge is 2.34. The van der Waals surface area contributed by atoms with Crippen LogP contribution in [0.25, 0.3) is 16.4 Å². The largest absolute Gasteiger partial charge is 0.388 e. The summed E-state index contributed by atoms with van der Waals surface area (Å²) in [7, 11) is 0. The van der Waals surface area contributed by atoms with Crippen molar-refractivity contribution in [3.8, 4) is 0 Å². The van der Waals surface area contributed by atoms with Gasteiger partial charge in [-0.3, -0.25) is 4.98 Å². The fourth-order valence-electron chi connectivity index (χ4n) is 5.57. The summed E-state index contributed by atoms with van der Waals surface area (Å²) in [6, 6.07) is 12.9. The highest BCUT2D eigenvalue weighted by Crippen LogP contribution is 2.48. The van der Waals surface area contributed by atoms with Crippen LogP contribution < -0.4 is 0 Å². The number of pyridine rings is 2. The fraction of sp³-hybridized carbons (Fsp3) is 0.385. The molecule has 2 saturated carbocycles. The van der Waals surface area contributed by atoms with Gasteiger partial charge in [0.1, 0.15) is 0 Å². The van der Waals surface area contributed by atoms with Crippen LogP contribution in [-0.4, -0.2) is 19.5 Å². The molecule has 2 aliphatic carbocycles. The zero-order valence-electron chi connectivity index (χ0n) is 17.1. The molecule has 0 amide bonds. The number of hydrogen-bond donors (Lipinski definition) is 1. The lowest BCUT2D eigenvalue weighted by Gasteiger charge is -2.33. The molecule has 0 radical (unpaired) electrons. The standard InChI is InChI=1S/C26H27N3O/c30-26(25-21(18-6-7-18)12-14-29-16-27-15-24(25)29)19-10-8-17(9-11-19)20-3-1-5-23-22(20)4-2-13-28-23/h1-5,12-19,26,30H,6-11H2/t17?,19?,26-/m1/s1. The van der Waals surface area contributed by atoms with E-state index in [-0.39, 0.29) is 0 Å². The number of aromatic nitrogens is 3. The normalized spacial score (nSPS) is 23.1. The van der Waals surface area contributed by atoms with Crippen LogP contribution in [0.15, 0.2) is 61.3 Å². The molecule has 4 aromatic rings. The SMILES string of the molecule is O[C@@H](c1c(C2CC2)ccn2cncc12)C1CCC(c2cccc3ncccc23)CC1. The van der Waals surface area contributed by atoms with Crippen LogP contribution in [-0.2, 0) is 0 Å². The van der Waals surface area contributed by atoms with Gasteiger partial charge in [0.2, 0.25) is 0 Å². The first kappa shape index (κ1) is 18.1. The van der Waals surface area contributed by atoms with Crippen LogP contribution in [0, 0.1) is 5.92 Å². The van der Waals surface area contributed by atoms with Gasteiger partial charge in [0.25, 0.3) is 0 Å². The number of imidazole rings is 1. The van der Waals surface area contributed by atoms with E-state index in [1.54, 1.807) is 0 Å². The molecule has 0 bridgehead atoms. The smallest absolute Gasteiger partial charge is 0.0992 e. The average molecular weight is 398 g/mol. The molecule has 2 aliphatic rings. The second kappa shape index (κ2) is 7.21. The average Bonchev–Trinajstić information content (AvgIpc) is 3.54. The molecule has 4 heteroatoms. The molecule has 1 N–H and O–H groups in total. The third kappa shape index (κ3) is 3.02. The minimum Gasteiger partial charge on any atom is -0.388 e. The van der Waals surface area contributed by atoms with Gasteiger partial charge in [0.05, 0.1) is 29.7 Å². The maximum absolute atomic E-state index is 11.5. The highest BCUT2D eigenvalue weighted by atomic mass is 16.3. The second-order valence-corrected chi connectivity index (χ2v) is 9.12. The summed E-state index contributed by atoms with van der Waals surface area (Å²) >= 11 is 0. The van der Waals surface area contributed by atoms with Crippen molar-refractivity contribution in [1.29, 1.82) is 0 Å². The second-order valence-electron chi connectivity index (χ2n) is 9.12. The summed E-state index contributed by atoms with van der Waals surface area (Å²) in [6.45, 7) is 0. The Hall–Kier alpha value is -2.72. The topological polar surface area (TPSA) is 50.4 Å². The van der Waals surface area contributed by atoms with Crippen molar-refractivity contribution < 1.29 is 5.11 Å². The number of benzene rings is 1. The molecular weight excluding hydrogens is 370 g/mol. The number of nitrogens with zero attached hydrogens (tertiary/aromatic N) is 3. The molecule has 3 aromatic heterocycles. The van der Waals surface area contributed by atoms with E-state index in [9.17, 15) is 5.11 Å². The summed E-state index contributed by atoms with van der Waals surface area (Å²) in [4.78, 5) is 8.86. The quantitative estimate of drug-likeness (QED) is 0.476. The van der Waals surface area contributed by atoms with Gasteiger partial charge in [0.15, 0.2) is 0 Å². The maximum atomic E-state index is 11.5. The Balaban J connectivity index is 1.27. The number of aliphatic hydroxyl groups is 1. The molecule has 30 heavy (non-hydrogen) atoms. The minimum atomic E-state index is -0.406. The number of fused-ring (bicyclic) bond motifs is 2. The van der Waals surface area contributed by atoms with Crippen LogP contribution in [0.1, 0.15) is 73.2 Å². The molecule has 1 atom stereocenters. The summed E-state index contributed by atoms with van der Waals surface area (Å²) in [5, 5.41) is 12.8. The molecule has 0 saturated heterocycles. The van der Waals surface area contributed by atoms with Gasteiger partial charge in [0, 0.05) is 23.3 Å². The van der Waals surface area contributed by atoms with Crippen molar-refractivity contribution in [2.45, 2.75) is 56.5 Å². The van der Waals surface area contributed by atoms with Crippen molar-refractivity contribution in [1.82, 2.24) is 14.4 Å². The fourth-order valence-corrected chi connectivity index (χ4v) is 5.57. The zero-order valence-corrected chi connectivity index (χ0v) is 17.1. The lowest BCUT2D eigenvalue weighted by Crippen LogP contribution is -2.21. The van der Waals surface area contributed by atoms with Crippen LogP contribution in [0.4, 0.5) is 0 Å². The molecule has 2 fully saturated rings. The minimum absolute atomic E-state index is 0.313. The third-order valence-electron chi connectivity index (χ3n) is 7.32. The van der Waals surface area contributed by atoms with E-state index >= 15 is 0 Å². The van der Waals surface area contributed by atoms with E-state index in [1.807, 2.05) is 24.8 Å². The first-order valence-corrected chi connectivity index (χ1v) is 11.3. The van der Waals surface area contributed by atoms with E-state index < -0.39 is 6.10 Å². The van der Waals surface area contributed by atoms with Gasteiger partial charge in [-0.2, -0.15) is 0 Å². The number of hydrogen-bond acceptors (Lipinski definition) is 3. The van der Waals surface area contributed by atoms with E-state index in [0.29, 0.717) is 17.8 Å². The maximum Gasteiger partial charge on any atom is 0.0992 e. The summed E-state index contributed by atoms with van der Waals surface area (Å²) in [5.74, 6) is 1.48. The molecule has 3 heterocycles. The zero-order chi connectivity index (χ0) is 20.1. The van der Waals surface area contributed by atoms with Crippen molar-refractivity contribution in [2.24, 2.45) is 5.92 Å². The monoisotopic (exact) mass is 397 g/mol. The van der Waals surface area contributed by atoms with Gasteiger partial charge in [-0.15, -0.1) is 0 Å². The summed E-state index contributed by atoms with van der Waals surface area (Å²) in [6.07, 6.45) is 14.2. The Morgan fingerprint density at radius 3 is 2.53 bits per heavy atom. The Kier molecular flexibility index (Phi) is 4.34. The van der Waals surface area contributed by atoms with E-state index in [2.05, 4.69) is 50.9 Å². The predicted molar refractivity (Wildman–Crippen MR) is 119 cm³/mol. The molecule has 4 nitrogen and oxygen atoms in total. The van der Waals surface area contributed by atoms with Crippen molar-refractivity contribution in [2.75, 3.05) is 0 Å². The Morgan fingerprint density at radius 2 is 1.70 bits per heavy atom. The Bertz CT molecular complexity index is 1200. The summed E-state index contributed by atoms with van der Waals surface area (Å²) in [5.41, 5.74) is 6.06. The van der Waals surface area contributed by atoms with Gasteiger partial charge < -0.3 is 9.51 Å². The first-order valence-electron chi connectivity index (χ1n) is 11.3. The molecule has 6 rings (SSSR count). The van der Waals surface area contributed by atoms with E-state index in [0.717, 1.165) is 42.3 Å². The van der Waals surface area contributed by atoms with Crippen LogP contribution in [0.5, 0.6) is 0 Å². The third-order valence-corrected chi connectivity index (χ3v) is 7.32. The summed E-state index contributed by atoms with van der Waals surface area (Å²) < 4.78 is 2.05. The van der Waals surface area contributed by atoms with Crippen molar-refractivity contribution in [3.05, 3.63) is 78.0 Å². The Labute approximate surface area is 176 Å². The van der Waals surface area contributed by atoms with Crippen molar-refractivity contribution >= 4 is 16.4 Å².